The molecule has 0 bridgehead atoms. The molecule has 4 nitrogen and oxygen atoms in total. The molecule has 0 saturated carbocycles. The largest absolute Gasteiger partial charge is 0.420 e. The third kappa shape index (κ3) is 2.07. The van der Waals surface area contributed by atoms with Crippen LogP contribution in [0.5, 0.6) is 0 Å². The average Bonchev–Trinajstić information content (AvgIpc) is 2.86. The number of hydrogen-bond acceptors (Lipinski definition) is 5. The maximum atomic E-state index is 5.54. The predicted octanol–water partition coefficient (Wildman–Crippen LogP) is 2.88. The molecule has 5 heteroatoms. The van der Waals surface area contributed by atoms with Crippen molar-refractivity contribution in [2.45, 2.75) is 33.1 Å². The summed E-state index contributed by atoms with van der Waals surface area (Å²) in [5.74, 6) is 1.53. The Balaban J connectivity index is 2.28. The fraction of sp³-hybridized carbons (Fsp3) is 0.500. The van der Waals surface area contributed by atoms with Gasteiger partial charge in [0.25, 0.3) is 5.89 Å². The van der Waals surface area contributed by atoms with Crippen LogP contribution in [-0.4, -0.2) is 15.2 Å². The van der Waals surface area contributed by atoms with E-state index in [0.29, 0.717) is 11.8 Å². The van der Waals surface area contributed by atoms with E-state index in [1.807, 2.05) is 13.8 Å². The van der Waals surface area contributed by atoms with Crippen LogP contribution in [0.3, 0.4) is 0 Å². The summed E-state index contributed by atoms with van der Waals surface area (Å²) in [4.78, 5) is 5.21. The summed E-state index contributed by atoms with van der Waals surface area (Å²) in [5.41, 5.74) is 0. The molecule has 0 amide bonds. The van der Waals surface area contributed by atoms with Gasteiger partial charge in [-0.3, -0.25) is 0 Å². The molecule has 0 spiro atoms. The minimum absolute atomic E-state index is 0.268. The van der Waals surface area contributed by atoms with Crippen molar-refractivity contribution in [3.05, 3.63) is 17.1 Å². The first kappa shape index (κ1) is 10.3. The van der Waals surface area contributed by atoms with Gasteiger partial charge >= 0.3 is 0 Å². The molecule has 0 aliphatic heterocycles. The van der Waals surface area contributed by atoms with Gasteiger partial charge in [0.05, 0.1) is 11.2 Å². The molecular formula is C10H13N3OS. The topological polar surface area (TPSA) is 51.8 Å². The van der Waals surface area contributed by atoms with Gasteiger partial charge in [-0.15, -0.1) is 21.5 Å². The Hall–Kier alpha value is -1.23. The van der Waals surface area contributed by atoms with Crippen molar-refractivity contribution in [1.29, 1.82) is 0 Å². The van der Waals surface area contributed by atoms with E-state index in [1.165, 1.54) is 0 Å². The molecule has 0 atom stereocenters. The summed E-state index contributed by atoms with van der Waals surface area (Å²) in [6.07, 6.45) is 2.73. The van der Waals surface area contributed by atoms with Gasteiger partial charge in [0.1, 0.15) is 4.88 Å². The van der Waals surface area contributed by atoms with Gasteiger partial charge in [-0.25, -0.2) is 4.98 Å². The summed E-state index contributed by atoms with van der Waals surface area (Å²) in [7, 11) is 0. The molecule has 2 rings (SSSR count). The lowest BCUT2D eigenvalue weighted by molar-refractivity contribution is 0.481. The maximum Gasteiger partial charge on any atom is 0.259 e. The Morgan fingerprint density at radius 3 is 2.73 bits per heavy atom. The number of aryl methyl sites for hydroxylation is 1. The van der Waals surface area contributed by atoms with Gasteiger partial charge in [-0.2, -0.15) is 0 Å². The van der Waals surface area contributed by atoms with Crippen LogP contribution in [-0.2, 0) is 6.42 Å². The highest BCUT2D eigenvalue weighted by molar-refractivity contribution is 7.15. The second-order valence-electron chi connectivity index (χ2n) is 3.57. The molecule has 0 saturated heterocycles. The molecule has 2 heterocycles. The van der Waals surface area contributed by atoms with Gasteiger partial charge < -0.3 is 4.42 Å². The Bertz CT molecular complexity index is 447. The molecule has 0 aromatic carbocycles. The summed E-state index contributed by atoms with van der Waals surface area (Å²) in [6.45, 7) is 6.14. The number of aromatic nitrogens is 3. The van der Waals surface area contributed by atoms with Crippen molar-refractivity contribution in [2.75, 3.05) is 0 Å². The van der Waals surface area contributed by atoms with Crippen molar-refractivity contribution in [2.24, 2.45) is 0 Å². The van der Waals surface area contributed by atoms with E-state index in [2.05, 4.69) is 22.1 Å². The quantitative estimate of drug-likeness (QED) is 0.802. The van der Waals surface area contributed by atoms with Gasteiger partial charge in [-0.05, 0) is 6.42 Å². The average molecular weight is 223 g/mol. The number of thiazole rings is 1. The smallest absolute Gasteiger partial charge is 0.259 e. The molecule has 0 N–H and O–H groups in total. The summed E-state index contributed by atoms with van der Waals surface area (Å²) < 4.78 is 5.54. The minimum atomic E-state index is 0.268. The number of hydrogen-bond donors (Lipinski definition) is 0. The first-order chi connectivity index (χ1) is 7.20. The van der Waals surface area contributed by atoms with E-state index in [4.69, 9.17) is 4.42 Å². The maximum absolute atomic E-state index is 5.54. The molecule has 0 aliphatic rings. The molecule has 0 radical (unpaired) electrons. The number of nitrogens with zero attached hydrogens (tertiary/aromatic N) is 3. The number of rotatable bonds is 3. The molecular weight excluding hydrogens is 210 g/mol. The highest BCUT2D eigenvalue weighted by Crippen LogP contribution is 2.26. The fourth-order valence-corrected chi connectivity index (χ4v) is 1.92. The lowest BCUT2D eigenvalue weighted by Crippen LogP contribution is -1.85. The van der Waals surface area contributed by atoms with Crippen molar-refractivity contribution in [3.8, 4) is 10.8 Å². The Morgan fingerprint density at radius 2 is 2.20 bits per heavy atom. The van der Waals surface area contributed by atoms with Crippen LogP contribution in [0.15, 0.2) is 10.6 Å². The third-order valence-corrected chi connectivity index (χ3v) is 3.13. The molecule has 80 valence electrons. The Morgan fingerprint density at radius 1 is 1.40 bits per heavy atom. The summed E-state index contributed by atoms with van der Waals surface area (Å²) in [5, 5.41) is 9.09. The van der Waals surface area contributed by atoms with Gasteiger partial charge in [-0.1, -0.05) is 20.8 Å². The molecule has 0 fully saturated rings. The second-order valence-corrected chi connectivity index (χ2v) is 4.69. The van der Waals surface area contributed by atoms with Gasteiger partial charge in [0.15, 0.2) is 0 Å². The fourth-order valence-electron chi connectivity index (χ4n) is 1.14. The first-order valence-electron chi connectivity index (χ1n) is 4.99. The van der Waals surface area contributed by atoms with E-state index in [0.717, 1.165) is 16.3 Å². The van der Waals surface area contributed by atoms with Crippen LogP contribution in [0.2, 0.25) is 0 Å². The van der Waals surface area contributed by atoms with Crippen molar-refractivity contribution in [3.63, 3.8) is 0 Å². The monoisotopic (exact) mass is 223 g/mol. The minimum Gasteiger partial charge on any atom is -0.420 e. The second kappa shape index (κ2) is 4.10. The zero-order valence-electron chi connectivity index (χ0n) is 9.02. The summed E-state index contributed by atoms with van der Waals surface area (Å²) in [6, 6.07) is 0. The Kier molecular flexibility index (Phi) is 2.81. The zero-order chi connectivity index (χ0) is 10.8. The molecule has 15 heavy (non-hydrogen) atoms. The van der Waals surface area contributed by atoms with E-state index in [-0.39, 0.29) is 5.92 Å². The first-order valence-corrected chi connectivity index (χ1v) is 5.80. The molecule has 0 unspecified atom stereocenters. The SMILES string of the molecule is CCc1ncc(-c2nnc(C(C)C)o2)s1. The van der Waals surface area contributed by atoms with E-state index in [1.54, 1.807) is 17.5 Å². The standard InChI is InChI=1S/C10H13N3OS/c1-4-8-11-5-7(15-8)10-13-12-9(14-10)6(2)3/h5-6H,4H2,1-3H3. The van der Waals surface area contributed by atoms with Gasteiger partial charge in [0, 0.05) is 5.92 Å². The van der Waals surface area contributed by atoms with E-state index < -0.39 is 0 Å². The van der Waals surface area contributed by atoms with Crippen LogP contribution in [0, 0.1) is 0 Å². The summed E-state index contributed by atoms with van der Waals surface area (Å²) >= 11 is 1.60. The third-order valence-electron chi connectivity index (χ3n) is 2.00. The highest BCUT2D eigenvalue weighted by atomic mass is 32.1. The Labute approximate surface area is 92.4 Å². The van der Waals surface area contributed by atoms with Crippen LogP contribution in [0.25, 0.3) is 10.8 Å². The van der Waals surface area contributed by atoms with Crippen molar-refractivity contribution < 1.29 is 4.42 Å². The predicted molar refractivity (Wildman–Crippen MR) is 58.9 cm³/mol. The van der Waals surface area contributed by atoms with Crippen molar-refractivity contribution in [1.82, 2.24) is 15.2 Å². The molecule has 0 aliphatic carbocycles. The van der Waals surface area contributed by atoms with E-state index in [9.17, 15) is 0 Å². The lowest BCUT2D eigenvalue weighted by Gasteiger charge is -1.93. The zero-order valence-corrected chi connectivity index (χ0v) is 9.84. The van der Waals surface area contributed by atoms with E-state index >= 15 is 0 Å². The van der Waals surface area contributed by atoms with Gasteiger partial charge in [0.2, 0.25) is 5.89 Å². The molecule has 2 aromatic heterocycles. The van der Waals surface area contributed by atoms with Crippen LogP contribution in [0.1, 0.15) is 37.6 Å². The highest BCUT2D eigenvalue weighted by Gasteiger charge is 2.13. The van der Waals surface area contributed by atoms with Crippen LogP contribution in [0.4, 0.5) is 0 Å². The van der Waals surface area contributed by atoms with Crippen molar-refractivity contribution >= 4 is 11.3 Å². The molecule has 2 aromatic rings. The van der Waals surface area contributed by atoms with Crippen LogP contribution < -0.4 is 0 Å². The normalized spacial score (nSPS) is 11.2. The lowest BCUT2D eigenvalue weighted by atomic mass is 10.2. The van der Waals surface area contributed by atoms with Crippen LogP contribution >= 0.6 is 11.3 Å².